The molecule has 1 N–H and O–H groups in total. The predicted octanol–water partition coefficient (Wildman–Crippen LogP) is 2.45. The number of hydrogen-bond donors (Lipinski definition) is 1. The van der Waals surface area contributed by atoms with Crippen LogP contribution in [0.5, 0.6) is 0 Å². The Morgan fingerprint density at radius 3 is 2.72 bits per heavy atom. The summed E-state index contributed by atoms with van der Waals surface area (Å²) in [4.78, 5) is 14.1. The molecule has 2 aliphatic heterocycles. The molecule has 2 atom stereocenters. The minimum absolute atomic E-state index is 0.206. The number of carbonyl (C=O) groups is 1. The first-order valence-electron chi connectivity index (χ1n) is 6.32. The summed E-state index contributed by atoms with van der Waals surface area (Å²) in [5.74, 6) is 0. The summed E-state index contributed by atoms with van der Waals surface area (Å²) in [6, 6.07) is 8.50. The molecule has 0 saturated carbocycles. The van der Waals surface area contributed by atoms with Gasteiger partial charge < -0.3 is 10.1 Å². The van der Waals surface area contributed by atoms with Gasteiger partial charge in [0.25, 0.3) is 0 Å². The van der Waals surface area contributed by atoms with Crippen molar-refractivity contribution in [2.24, 2.45) is 0 Å². The van der Waals surface area contributed by atoms with E-state index in [0.29, 0.717) is 0 Å². The second-order valence-corrected chi connectivity index (χ2v) is 5.86. The molecule has 4 nitrogen and oxygen atoms in total. The molecular weight excluding hydrogens is 228 g/mol. The van der Waals surface area contributed by atoms with Crippen molar-refractivity contribution in [3.05, 3.63) is 29.8 Å². The van der Waals surface area contributed by atoms with Crippen molar-refractivity contribution in [2.45, 2.75) is 38.5 Å². The zero-order valence-electron chi connectivity index (χ0n) is 10.9. The summed E-state index contributed by atoms with van der Waals surface area (Å²) in [5.41, 5.74) is 1.72. The van der Waals surface area contributed by atoms with Gasteiger partial charge in [0.1, 0.15) is 5.60 Å². The Labute approximate surface area is 107 Å². The quantitative estimate of drug-likeness (QED) is 0.764. The molecule has 4 heteroatoms. The summed E-state index contributed by atoms with van der Waals surface area (Å²) >= 11 is 0. The summed E-state index contributed by atoms with van der Waals surface area (Å²) in [7, 11) is 0. The van der Waals surface area contributed by atoms with E-state index >= 15 is 0 Å². The smallest absolute Gasteiger partial charge is 0.415 e. The molecule has 0 bridgehead atoms. The van der Waals surface area contributed by atoms with Crippen molar-refractivity contribution in [1.29, 1.82) is 0 Å². The van der Waals surface area contributed by atoms with Crippen LogP contribution in [0, 0.1) is 0 Å². The Morgan fingerprint density at radius 2 is 2.11 bits per heavy atom. The van der Waals surface area contributed by atoms with E-state index in [1.165, 1.54) is 5.56 Å². The Kier molecular flexibility index (Phi) is 2.38. The molecular formula is C14H18N2O2. The van der Waals surface area contributed by atoms with E-state index in [1.54, 1.807) is 4.90 Å². The van der Waals surface area contributed by atoms with Gasteiger partial charge in [-0.05, 0) is 32.4 Å². The number of fused-ring (bicyclic) bond motifs is 3. The van der Waals surface area contributed by atoms with Gasteiger partial charge in [-0.15, -0.1) is 0 Å². The monoisotopic (exact) mass is 246 g/mol. The lowest BCUT2D eigenvalue weighted by Gasteiger charge is -2.37. The third-order valence-electron chi connectivity index (χ3n) is 3.38. The maximum atomic E-state index is 12.3. The number of anilines is 1. The molecule has 0 unspecified atom stereocenters. The van der Waals surface area contributed by atoms with Crippen LogP contribution in [-0.4, -0.2) is 24.3 Å². The number of ether oxygens (including phenoxy) is 1. The Hall–Kier alpha value is -1.55. The van der Waals surface area contributed by atoms with E-state index < -0.39 is 5.60 Å². The van der Waals surface area contributed by atoms with Crippen molar-refractivity contribution >= 4 is 11.8 Å². The molecule has 3 rings (SSSR count). The molecule has 1 aromatic rings. The highest BCUT2D eigenvalue weighted by Gasteiger charge is 2.48. The number of nitrogens with zero attached hydrogens (tertiary/aromatic N) is 1. The second kappa shape index (κ2) is 3.72. The lowest BCUT2D eigenvalue weighted by molar-refractivity contribution is 0.0550. The Bertz CT molecular complexity index is 493. The fraction of sp³-hybridized carbons (Fsp3) is 0.500. The topological polar surface area (TPSA) is 41.6 Å². The molecule has 0 radical (unpaired) electrons. The van der Waals surface area contributed by atoms with E-state index in [4.69, 9.17) is 4.74 Å². The molecule has 96 valence electrons. The highest BCUT2D eigenvalue weighted by molar-refractivity contribution is 5.92. The Balaban J connectivity index is 1.91. The van der Waals surface area contributed by atoms with Crippen molar-refractivity contribution in [1.82, 2.24) is 5.32 Å². The number of para-hydroxylation sites is 1. The molecule has 1 fully saturated rings. The van der Waals surface area contributed by atoms with Crippen LogP contribution in [0.4, 0.5) is 10.5 Å². The molecule has 1 aromatic carbocycles. The van der Waals surface area contributed by atoms with Gasteiger partial charge in [-0.25, -0.2) is 4.79 Å². The van der Waals surface area contributed by atoms with Gasteiger partial charge in [0.05, 0.1) is 17.8 Å². The summed E-state index contributed by atoms with van der Waals surface area (Å²) in [6.45, 7) is 6.51. The first kappa shape index (κ1) is 11.5. The average Bonchev–Trinajstić information content (AvgIpc) is 2.44. The second-order valence-electron chi connectivity index (χ2n) is 5.86. The van der Waals surface area contributed by atoms with Crippen LogP contribution in [0.1, 0.15) is 32.4 Å². The zero-order chi connectivity index (χ0) is 12.9. The molecule has 0 aromatic heterocycles. The summed E-state index contributed by atoms with van der Waals surface area (Å²) < 4.78 is 5.49. The van der Waals surface area contributed by atoms with Gasteiger partial charge in [-0.2, -0.15) is 0 Å². The van der Waals surface area contributed by atoms with E-state index in [9.17, 15) is 4.79 Å². The summed E-state index contributed by atoms with van der Waals surface area (Å²) in [6.07, 6.45) is -0.246. The normalized spacial score (nSPS) is 25.2. The predicted molar refractivity (Wildman–Crippen MR) is 69.7 cm³/mol. The molecule has 2 heterocycles. The number of carbonyl (C=O) groups excluding carboxylic acids is 1. The van der Waals surface area contributed by atoms with Gasteiger partial charge in [-0.3, -0.25) is 4.90 Å². The largest absolute Gasteiger partial charge is 0.443 e. The van der Waals surface area contributed by atoms with Crippen LogP contribution in [0.15, 0.2) is 24.3 Å². The molecule has 0 spiro atoms. The minimum atomic E-state index is -0.457. The number of hydrogen-bond acceptors (Lipinski definition) is 3. The van der Waals surface area contributed by atoms with Crippen molar-refractivity contribution in [3.63, 3.8) is 0 Å². The first-order valence-corrected chi connectivity index (χ1v) is 6.32. The van der Waals surface area contributed by atoms with Crippen LogP contribution in [0.3, 0.4) is 0 Å². The maximum Gasteiger partial charge on any atom is 0.415 e. The molecule has 2 aliphatic rings. The van der Waals surface area contributed by atoms with Crippen molar-refractivity contribution in [2.75, 3.05) is 11.4 Å². The highest BCUT2D eigenvalue weighted by Crippen LogP contribution is 2.43. The lowest BCUT2D eigenvalue weighted by atomic mass is 9.97. The van der Waals surface area contributed by atoms with Gasteiger partial charge in [-0.1, -0.05) is 18.2 Å². The SMILES string of the molecule is CC(C)(C)OC(=O)N1c2ccccc2[C@H]2NC[C@H]21. The first-order chi connectivity index (χ1) is 8.47. The standard InChI is InChI=1S/C14H18N2O2/c1-14(2,3)18-13(17)16-10-7-5-4-6-9(10)12-11(16)8-15-12/h4-7,11-12,15H,8H2,1-3H3/t11-,12-/m1/s1. The van der Waals surface area contributed by atoms with Gasteiger partial charge in [0, 0.05) is 6.54 Å². The van der Waals surface area contributed by atoms with Crippen molar-refractivity contribution in [3.8, 4) is 0 Å². The number of rotatable bonds is 0. The number of nitrogens with one attached hydrogen (secondary N) is 1. The zero-order valence-corrected chi connectivity index (χ0v) is 10.9. The number of benzene rings is 1. The van der Waals surface area contributed by atoms with Crippen LogP contribution in [0.25, 0.3) is 0 Å². The fourth-order valence-corrected chi connectivity index (χ4v) is 2.59. The Morgan fingerprint density at radius 1 is 1.39 bits per heavy atom. The van der Waals surface area contributed by atoms with E-state index in [-0.39, 0.29) is 18.2 Å². The van der Waals surface area contributed by atoms with Gasteiger partial charge in [0.2, 0.25) is 0 Å². The van der Waals surface area contributed by atoms with Gasteiger partial charge in [0.15, 0.2) is 0 Å². The van der Waals surface area contributed by atoms with Gasteiger partial charge >= 0.3 is 6.09 Å². The van der Waals surface area contributed by atoms with Crippen LogP contribution in [0.2, 0.25) is 0 Å². The fourth-order valence-electron chi connectivity index (χ4n) is 2.59. The third-order valence-corrected chi connectivity index (χ3v) is 3.38. The van der Waals surface area contributed by atoms with Crippen LogP contribution in [-0.2, 0) is 4.74 Å². The van der Waals surface area contributed by atoms with Crippen molar-refractivity contribution < 1.29 is 9.53 Å². The third kappa shape index (κ3) is 1.68. The maximum absolute atomic E-state index is 12.3. The average molecular weight is 246 g/mol. The minimum Gasteiger partial charge on any atom is -0.443 e. The molecule has 1 saturated heterocycles. The van der Waals surface area contributed by atoms with E-state index in [1.807, 2.05) is 39.0 Å². The van der Waals surface area contributed by atoms with E-state index in [2.05, 4.69) is 11.4 Å². The molecule has 0 aliphatic carbocycles. The van der Waals surface area contributed by atoms with Crippen LogP contribution >= 0.6 is 0 Å². The highest BCUT2D eigenvalue weighted by atomic mass is 16.6. The van der Waals surface area contributed by atoms with Crippen LogP contribution < -0.4 is 10.2 Å². The molecule has 18 heavy (non-hydrogen) atoms. The van der Waals surface area contributed by atoms with E-state index in [0.717, 1.165) is 12.2 Å². The lowest BCUT2D eigenvalue weighted by Crippen LogP contribution is -2.57. The molecule has 1 amide bonds. The number of amides is 1. The summed E-state index contributed by atoms with van der Waals surface area (Å²) in [5, 5.41) is 3.36.